The maximum Gasteiger partial charge on any atom is 0.230 e. The zero-order chi connectivity index (χ0) is 13.8. The van der Waals surface area contributed by atoms with Crippen LogP contribution in [0.5, 0.6) is 5.75 Å². The van der Waals surface area contributed by atoms with Crippen LogP contribution in [0.25, 0.3) is 0 Å². The highest BCUT2D eigenvalue weighted by Gasteiger charge is 2.26. The van der Waals surface area contributed by atoms with Gasteiger partial charge in [0, 0.05) is 13.1 Å². The molecule has 1 fully saturated rings. The normalized spacial score (nSPS) is 19.3. The topological polar surface area (TPSA) is 41.6 Å². The van der Waals surface area contributed by atoms with Crippen molar-refractivity contribution in [2.45, 2.75) is 20.4 Å². The lowest BCUT2D eigenvalue weighted by Crippen LogP contribution is -2.53. The summed E-state index contributed by atoms with van der Waals surface area (Å²) in [6.07, 6.45) is 0. The molecule has 1 aliphatic rings. The summed E-state index contributed by atoms with van der Waals surface area (Å²) in [6.45, 7) is 5.90. The van der Waals surface area contributed by atoms with Gasteiger partial charge in [-0.2, -0.15) is 0 Å². The van der Waals surface area contributed by atoms with Gasteiger partial charge in [-0.3, -0.25) is 4.79 Å². The van der Waals surface area contributed by atoms with Gasteiger partial charge in [0.15, 0.2) is 5.11 Å². The monoisotopic (exact) mass is 278 g/mol. The Balaban J connectivity index is 2.00. The molecule has 0 saturated carbocycles. The van der Waals surface area contributed by atoms with Gasteiger partial charge in [-0.25, -0.2) is 0 Å². The molecule has 1 aliphatic heterocycles. The van der Waals surface area contributed by atoms with Gasteiger partial charge in [0.1, 0.15) is 5.75 Å². The average molecular weight is 278 g/mol. The molecule has 1 aromatic rings. The first kappa shape index (κ1) is 13.8. The van der Waals surface area contributed by atoms with Crippen LogP contribution >= 0.6 is 12.2 Å². The van der Waals surface area contributed by atoms with E-state index in [-0.39, 0.29) is 11.8 Å². The number of carbonyl (C=O) groups is 1. The number of hydrogen-bond donors (Lipinski definition) is 1. The quantitative estimate of drug-likeness (QED) is 0.855. The Hall–Kier alpha value is -1.62. The van der Waals surface area contributed by atoms with Gasteiger partial charge in [0.05, 0.1) is 12.5 Å². The summed E-state index contributed by atoms with van der Waals surface area (Å²) in [7, 11) is 0. The SMILES string of the molecule is CCOc1ccc(CN2CC(C)C(=O)NC2=S)cc1. The van der Waals surface area contributed by atoms with E-state index in [2.05, 4.69) is 5.32 Å². The minimum Gasteiger partial charge on any atom is -0.494 e. The first-order valence-corrected chi connectivity index (χ1v) is 6.82. The third-order valence-electron chi connectivity index (χ3n) is 3.07. The van der Waals surface area contributed by atoms with Crippen LogP contribution < -0.4 is 10.1 Å². The highest BCUT2D eigenvalue weighted by molar-refractivity contribution is 7.80. The van der Waals surface area contributed by atoms with Gasteiger partial charge in [-0.05, 0) is 36.8 Å². The van der Waals surface area contributed by atoms with Crippen molar-refractivity contribution in [1.29, 1.82) is 0 Å². The zero-order valence-corrected chi connectivity index (χ0v) is 12.0. The highest BCUT2D eigenvalue weighted by atomic mass is 32.1. The number of hydrogen-bond acceptors (Lipinski definition) is 3. The van der Waals surface area contributed by atoms with Crippen LogP contribution in [0.4, 0.5) is 0 Å². The second kappa shape index (κ2) is 6.02. The number of nitrogens with one attached hydrogen (secondary N) is 1. The van der Waals surface area contributed by atoms with E-state index in [1.165, 1.54) is 0 Å². The lowest BCUT2D eigenvalue weighted by Gasteiger charge is -2.32. The standard InChI is InChI=1S/C14H18N2O2S/c1-3-18-12-6-4-11(5-7-12)9-16-8-10(2)13(17)15-14(16)19/h4-7,10H,3,8-9H2,1-2H3,(H,15,17,19). The van der Waals surface area contributed by atoms with Crippen molar-refractivity contribution < 1.29 is 9.53 Å². The lowest BCUT2D eigenvalue weighted by molar-refractivity contribution is -0.124. The Labute approximate surface area is 118 Å². The summed E-state index contributed by atoms with van der Waals surface area (Å²) >= 11 is 5.19. The molecule has 0 aromatic heterocycles. The van der Waals surface area contributed by atoms with Crippen LogP contribution in [0.1, 0.15) is 19.4 Å². The van der Waals surface area contributed by atoms with Crippen molar-refractivity contribution in [2.24, 2.45) is 5.92 Å². The number of nitrogens with zero attached hydrogens (tertiary/aromatic N) is 1. The van der Waals surface area contributed by atoms with Crippen LogP contribution in [0.15, 0.2) is 24.3 Å². The van der Waals surface area contributed by atoms with Crippen LogP contribution in [-0.2, 0) is 11.3 Å². The van der Waals surface area contributed by atoms with E-state index in [9.17, 15) is 4.79 Å². The number of benzene rings is 1. The molecule has 1 heterocycles. The Morgan fingerprint density at radius 3 is 2.74 bits per heavy atom. The average Bonchev–Trinajstić information content (AvgIpc) is 2.38. The third-order valence-corrected chi connectivity index (χ3v) is 3.43. The minimum atomic E-state index is -0.0330. The second-order valence-corrected chi connectivity index (χ2v) is 5.04. The molecular formula is C14H18N2O2S. The number of carbonyl (C=O) groups excluding carboxylic acids is 1. The first-order valence-electron chi connectivity index (χ1n) is 6.41. The first-order chi connectivity index (χ1) is 9.10. The molecule has 1 saturated heterocycles. The van der Waals surface area contributed by atoms with Gasteiger partial charge < -0.3 is 15.0 Å². The molecule has 0 aliphatic carbocycles. The van der Waals surface area contributed by atoms with Gasteiger partial charge in [-0.1, -0.05) is 19.1 Å². The molecule has 0 bridgehead atoms. The van der Waals surface area contributed by atoms with Gasteiger partial charge in [0.25, 0.3) is 0 Å². The Morgan fingerprint density at radius 1 is 1.42 bits per heavy atom. The van der Waals surface area contributed by atoms with Crippen LogP contribution in [0.2, 0.25) is 0 Å². The summed E-state index contributed by atoms with van der Waals surface area (Å²) in [6, 6.07) is 7.95. The van der Waals surface area contributed by atoms with E-state index in [0.29, 0.717) is 24.8 Å². The number of ether oxygens (including phenoxy) is 1. The zero-order valence-electron chi connectivity index (χ0n) is 11.2. The van der Waals surface area contributed by atoms with Gasteiger partial charge in [0.2, 0.25) is 5.91 Å². The Bertz CT molecular complexity index is 473. The fourth-order valence-corrected chi connectivity index (χ4v) is 2.26. The van der Waals surface area contributed by atoms with E-state index in [1.807, 2.05) is 43.0 Å². The Morgan fingerprint density at radius 2 is 2.11 bits per heavy atom. The lowest BCUT2D eigenvalue weighted by atomic mass is 10.1. The van der Waals surface area contributed by atoms with Gasteiger partial charge >= 0.3 is 0 Å². The summed E-state index contributed by atoms with van der Waals surface area (Å²) in [5.41, 5.74) is 1.15. The van der Waals surface area contributed by atoms with Crippen molar-refractivity contribution in [3.05, 3.63) is 29.8 Å². The number of rotatable bonds is 4. The fourth-order valence-electron chi connectivity index (χ4n) is 2.02. The second-order valence-electron chi connectivity index (χ2n) is 4.65. The fraction of sp³-hybridized carbons (Fsp3) is 0.429. The molecule has 1 unspecified atom stereocenters. The largest absolute Gasteiger partial charge is 0.494 e. The third kappa shape index (κ3) is 3.44. The maximum absolute atomic E-state index is 11.5. The highest BCUT2D eigenvalue weighted by Crippen LogP contribution is 2.16. The van der Waals surface area contributed by atoms with E-state index in [4.69, 9.17) is 17.0 Å². The number of thiocarbonyl (C=S) groups is 1. The molecule has 5 heteroatoms. The van der Waals surface area contributed by atoms with Crippen LogP contribution in [-0.4, -0.2) is 29.1 Å². The van der Waals surface area contributed by atoms with Crippen molar-refractivity contribution in [1.82, 2.24) is 10.2 Å². The molecule has 102 valence electrons. The van der Waals surface area contributed by atoms with Gasteiger partial charge in [-0.15, -0.1) is 0 Å². The van der Waals surface area contributed by atoms with Crippen LogP contribution in [0.3, 0.4) is 0 Å². The van der Waals surface area contributed by atoms with Crippen molar-refractivity contribution in [3.63, 3.8) is 0 Å². The predicted molar refractivity (Wildman–Crippen MR) is 77.9 cm³/mol. The molecule has 0 radical (unpaired) electrons. The van der Waals surface area contributed by atoms with E-state index in [0.717, 1.165) is 11.3 Å². The minimum absolute atomic E-state index is 0.00736. The smallest absolute Gasteiger partial charge is 0.230 e. The molecule has 1 amide bonds. The van der Waals surface area contributed by atoms with Crippen molar-refractivity contribution in [2.75, 3.05) is 13.2 Å². The van der Waals surface area contributed by atoms with Crippen molar-refractivity contribution in [3.8, 4) is 5.75 Å². The summed E-state index contributed by atoms with van der Waals surface area (Å²) in [5.74, 6) is 0.844. The molecule has 1 N–H and O–H groups in total. The molecule has 1 aromatic carbocycles. The molecule has 2 rings (SSSR count). The maximum atomic E-state index is 11.5. The predicted octanol–water partition coefficient (Wildman–Crippen LogP) is 1.94. The summed E-state index contributed by atoms with van der Waals surface area (Å²) in [5, 5.41) is 3.24. The molecule has 19 heavy (non-hydrogen) atoms. The molecule has 1 atom stereocenters. The van der Waals surface area contributed by atoms with E-state index < -0.39 is 0 Å². The summed E-state index contributed by atoms with van der Waals surface area (Å²) in [4.78, 5) is 13.5. The van der Waals surface area contributed by atoms with E-state index in [1.54, 1.807) is 0 Å². The Kier molecular flexibility index (Phi) is 4.37. The summed E-state index contributed by atoms with van der Waals surface area (Å²) < 4.78 is 5.41. The van der Waals surface area contributed by atoms with Crippen molar-refractivity contribution >= 4 is 23.2 Å². The van der Waals surface area contributed by atoms with Crippen LogP contribution in [0, 0.1) is 5.92 Å². The molecule has 4 nitrogen and oxygen atoms in total. The molecule has 0 spiro atoms. The number of amides is 1. The van der Waals surface area contributed by atoms with E-state index >= 15 is 0 Å². The molecular weight excluding hydrogens is 260 g/mol.